The van der Waals surface area contributed by atoms with Crippen LogP contribution in [0.2, 0.25) is 0 Å². The van der Waals surface area contributed by atoms with Gasteiger partial charge in [0.25, 0.3) is 5.91 Å². The molecule has 0 radical (unpaired) electrons. The molecule has 1 aromatic heterocycles. The number of ether oxygens (including phenoxy) is 2. The Morgan fingerprint density at radius 1 is 0.897 bits per heavy atom. The molecule has 7 nitrogen and oxygen atoms in total. The van der Waals surface area contributed by atoms with Crippen LogP contribution < -0.4 is 25.0 Å². The largest absolute Gasteiger partial charge is 0.486 e. The lowest BCUT2D eigenvalue weighted by Gasteiger charge is -2.19. The normalized spacial score (nSPS) is 12.2. The summed E-state index contributed by atoms with van der Waals surface area (Å²) in [6.07, 6.45) is 3.21. The summed E-state index contributed by atoms with van der Waals surface area (Å²) in [7, 11) is 3.94. The van der Waals surface area contributed by atoms with E-state index in [1.54, 1.807) is 18.5 Å². The number of carbonyl (C=O) groups is 1. The highest BCUT2D eigenvalue weighted by molar-refractivity contribution is 6.04. The SMILES string of the molecule is CN(C)c1ccc(NC(=O)c2cncc(Nc3ccc4c(c3)OCCO4)c2)cc1. The van der Waals surface area contributed by atoms with Crippen LogP contribution in [0.4, 0.5) is 22.7 Å². The number of fused-ring (bicyclic) bond motifs is 1. The molecule has 1 aliphatic rings. The van der Waals surface area contributed by atoms with Gasteiger partial charge in [0.15, 0.2) is 11.5 Å². The number of aromatic nitrogens is 1. The van der Waals surface area contributed by atoms with Gasteiger partial charge in [-0.15, -0.1) is 0 Å². The molecule has 29 heavy (non-hydrogen) atoms. The van der Waals surface area contributed by atoms with Gasteiger partial charge < -0.3 is 25.0 Å². The summed E-state index contributed by atoms with van der Waals surface area (Å²) in [5.41, 5.74) is 3.79. The summed E-state index contributed by atoms with van der Waals surface area (Å²) in [4.78, 5) is 18.8. The van der Waals surface area contributed by atoms with Crippen molar-refractivity contribution >= 4 is 28.7 Å². The van der Waals surface area contributed by atoms with Gasteiger partial charge in [-0.05, 0) is 42.5 Å². The third kappa shape index (κ3) is 4.40. The van der Waals surface area contributed by atoms with E-state index in [-0.39, 0.29) is 5.91 Å². The summed E-state index contributed by atoms with van der Waals surface area (Å²) in [5, 5.41) is 6.14. The minimum Gasteiger partial charge on any atom is -0.486 e. The number of anilines is 4. The first-order valence-electron chi connectivity index (χ1n) is 9.29. The first kappa shape index (κ1) is 18.6. The van der Waals surface area contributed by atoms with E-state index < -0.39 is 0 Å². The number of nitrogens with one attached hydrogen (secondary N) is 2. The van der Waals surface area contributed by atoms with Crippen LogP contribution in [0.25, 0.3) is 0 Å². The van der Waals surface area contributed by atoms with E-state index in [1.807, 2.05) is 61.5 Å². The van der Waals surface area contributed by atoms with Gasteiger partial charge >= 0.3 is 0 Å². The smallest absolute Gasteiger partial charge is 0.257 e. The lowest BCUT2D eigenvalue weighted by Crippen LogP contribution is -2.15. The Morgan fingerprint density at radius 3 is 2.38 bits per heavy atom. The molecule has 2 heterocycles. The Bertz CT molecular complexity index is 1020. The number of amides is 1. The van der Waals surface area contributed by atoms with E-state index in [0.717, 1.165) is 22.8 Å². The van der Waals surface area contributed by atoms with Crippen molar-refractivity contribution in [3.8, 4) is 11.5 Å². The quantitative estimate of drug-likeness (QED) is 0.688. The van der Waals surface area contributed by atoms with Gasteiger partial charge in [-0.2, -0.15) is 0 Å². The Balaban J connectivity index is 1.46. The van der Waals surface area contributed by atoms with Crippen molar-refractivity contribution in [2.75, 3.05) is 42.8 Å². The summed E-state index contributed by atoms with van der Waals surface area (Å²) >= 11 is 0. The third-order valence-electron chi connectivity index (χ3n) is 4.47. The van der Waals surface area contributed by atoms with Crippen molar-refractivity contribution in [3.63, 3.8) is 0 Å². The highest BCUT2D eigenvalue weighted by Gasteiger charge is 2.12. The topological polar surface area (TPSA) is 75.7 Å². The van der Waals surface area contributed by atoms with E-state index in [1.165, 1.54) is 0 Å². The van der Waals surface area contributed by atoms with Gasteiger partial charge in [0, 0.05) is 43.4 Å². The molecule has 1 aliphatic heterocycles. The predicted octanol–water partition coefficient (Wildman–Crippen LogP) is 3.91. The van der Waals surface area contributed by atoms with Gasteiger partial charge in [0.2, 0.25) is 0 Å². The molecular weight excluding hydrogens is 368 g/mol. The van der Waals surface area contributed by atoms with Crippen molar-refractivity contribution < 1.29 is 14.3 Å². The minimum atomic E-state index is -0.221. The molecule has 148 valence electrons. The second-order valence-electron chi connectivity index (χ2n) is 6.84. The van der Waals surface area contributed by atoms with E-state index in [0.29, 0.717) is 30.2 Å². The molecule has 0 aliphatic carbocycles. The first-order valence-corrected chi connectivity index (χ1v) is 9.29. The molecule has 0 bridgehead atoms. The van der Waals surface area contributed by atoms with Crippen molar-refractivity contribution in [1.29, 1.82) is 0 Å². The third-order valence-corrected chi connectivity index (χ3v) is 4.47. The Hall–Kier alpha value is -3.74. The van der Waals surface area contributed by atoms with Crippen LogP contribution in [0.3, 0.4) is 0 Å². The van der Waals surface area contributed by atoms with Crippen LogP contribution in [0, 0.1) is 0 Å². The monoisotopic (exact) mass is 390 g/mol. The predicted molar refractivity (Wildman–Crippen MR) is 114 cm³/mol. The lowest BCUT2D eigenvalue weighted by molar-refractivity contribution is 0.102. The van der Waals surface area contributed by atoms with Gasteiger partial charge in [0.1, 0.15) is 13.2 Å². The number of carbonyl (C=O) groups excluding carboxylic acids is 1. The van der Waals surface area contributed by atoms with Crippen LogP contribution in [0.1, 0.15) is 10.4 Å². The second kappa shape index (κ2) is 8.10. The molecule has 0 unspecified atom stereocenters. The zero-order valence-electron chi connectivity index (χ0n) is 16.3. The minimum absolute atomic E-state index is 0.221. The Kier molecular flexibility index (Phi) is 5.20. The van der Waals surface area contributed by atoms with Crippen molar-refractivity contribution in [1.82, 2.24) is 4.98 Å². The van der Waals surface area contributed by atoms with Crippen LogP contribution in [0.5, 0.6) is 11.5 Å². The van der Waals surface area contributed by atoms with Crippen LogP contribution in [0.15, 0.2) is 60.9 Å². The second-order valence-corrected chi connectivity index (χ2v) is 6.84. The zero-order valence-corrected chi connectivity index (χ0v) is 16.3. The molecule has 4 rings (SSSR count). The number of hydrogen-bond donors (Lipinski definition) is 2. The summed E-state index contributed by atoms with van der Waals surface area (Å²) in [6, 6.07) is 15.0. The van der Waals surface area contributed by atoms with Crippen molar-refractivity contribution in [2.45, 2.75) is 0 Å². The summed E-state index contributed by atoms with van der Waals surface area (Å²) in [5.74, 6) is 1.21. The van der Waals surface area contributed by atoms with Crippen LogP contribution >= 0.6 is 0 Å². The Morgan fingerprint density at radius 2 is 1.62 bits per heavy atom. The van der Waals surface area contributed by atoms with Crippen molar-refractivity contribution in [2.24, 2.45) is 0 Å². The molecule has 0 fully saturated rings. The van der Waals surface area contributed by atoms with E-state index in [2.05, 4.69) is 15.6 Å². The summed E-state index contributed by atoms with van der Waals surface area (Å²) < 4.78 is 11.1. The molecular formula is C22H22N4O3. The molecule has 0 saturated heterocycles. The average molecular weight is 390 g/mol. The number of nitrogens with zero attached hydrogens (tertiary/aromatic N) is 2. The van der Waals surface area contributed by atoms with Crippen molar-refractivity contribution in [3.05, 3.63) is 66.5 Å². The molecule has 2 aromatic carbocycles. The zero-order chi connectivity index (χ0) is 20.2. The molecule has 2 N–H and O–H groups in total. The van der Waals surface area contributed by atoms with Gasteiger partial charge in [-0.3, -0.25) is 9.78 Å². The number of hydrogen-bond acceptors (Lipinski definition) is 6. The van der Waals surface area contributed by atoms with Gasteiger partial charge in [-0.1, -0.05) is 0 Å². The highest BCUT2D eigenvalue weighted by atomic mass is 16.6. The number of benzene rings is 2. The van der Waals surface area contributed by atoms with E-state index >= 15 is 0 Å². The van der Waals surface area contributed by atoms with Crippen LogP contribution in [-0.2, 0) is 0 Å². The number of pyridine rings is 1. The van der Waals surface area contributed by atoms with Gasteiger partial charge in [0.05, 0.1) is 17.4 Å². The van der Waals surface area contributed by atoms with E-state index in [9.17, 15) is 4.79 Å². The first-order chi connectivity index (χ1) is 14.1. The Labute approximate surface area is 169 Å². The van der Waals surface area contributed by atoms with E-state index in [4.69, 9.17) is 9.47 Å². The fourth-order valence-electron chi connectivity index (χ4n) is 2.97. The fourth-order valence-corrected chi connectivity index (χ4v) is 2.97. The maximum Gasteiger partial charge on any atom is 0.257 e. The number of rotatable bonds is 5. The molecule has 3 aromatic rings. The van der Waals surface area contributed by atoms with Crippen LogP contribution in [-0.4, -0.2) is 38.2 Å². The molecule has 7 heteroatoms. The maximum absolute atomic E-state index is 12.6. The molecule has 0 atom stereocenters. The molecule has 0 spiro atoms. The average Bonchev–Trinajstić information content (AvgIpc) is 2.74. The summed E-state index contributed by atoms with van der Waals surface area (Å²) in [6.45, 7) is 1.09. The molecule has 0 saturated carbocycles. The highest BCUT2D eigenvalue weighted by Crippen LogP contribution is 2.33. The maximum atomic E-state index is 12.6. The standard InChI is InChI=1S/C22H22N4O3/c1-26(2)19-6-3-16(4-7-19)25-22(27)15-11-18(14-23-13-15)24-17-5-8-20-21(12-17)29-10-9-28-20/h3-8,11-14,24H,9-10H2,1-2H3,(H,25,27). The fraction of sp³-hybridized carbons (Fsp3) is 0.182. The molecule has 1 amide bonds. The van der Waals surface area contributed by atoms with Gasteiger partial charge in [-0.25, -0.2) is 0 Å². The lowest BCUT2D eigenvalue weighted by atomic mass is 10.2.